The van der Waals surface area contributed by atoms with E-state index in [2.05, 4.69) is 5.32 Å². The number of benzene rings is 1. The number of nitrogens with zero attached hydrogens (tertiary/aromatic N) is 1. The van der Waals surface area contributed by atoms with E-state index in [0.717, 1.165) is 25.9 Å². The summed E-state index contributed by atoms with van der Waals surface area (Å²) in [6.45, 7) is 5.82. The summed E-state index contributed by atoms with van der Waals surface area (Å²) in [4.78, 5) is 26.9. The standard InChI is InChI=1S/C17H22N2O4/c1-17(2,16(21)19-7-3-4-8-19)15(20)18-12-5-6-13-14(11-12)23-10-9-22-13/h5-6,11H,3-4,7-10H2,1-2H3,(H,18,20). The number of anilines is 1. The molecular formula is C17H22N2O4. The van der Waals surface area contributed by atoms with Crippen molar-refractivity contribution in [2.45, 2.75) is 26.7 Å². The first-order valence-corrected chi connectivity index (χ1v) is 7.99. The molecule has 2 aliphatic rings. The molecule has 1 aromatic rings. The van der Waals surface area contributed by atoms with Gasteiger partial charge in [0.2, 0.25) is 11.8 Å². The van der Waals surface area contributed by atoms with E-state index in [4.69, 9.17) is 9.47 Å². The van der Waals surface area contributed by atoms with Crippen LogP contribution < -0.4 is 14.8 Å². The fraction of sp³-hybridized carbons (Fsp3) is 0.529. The maximum atomic E-state index is 12.6. The molecule has 2 heterocycles. The molecule has 0 radical (unpaired) electrons. The number of likely N-dealkylation sites (tertiary alicyclic amines) is 1. The normalized spacial score (nSPS) is 17.0. The van der Waals surface area contributed by atoms with E-state index in [1.54, 1.807) is 36.9 Å². The lowest BCUT2D eigenvalue weighted by Crippen LogP contribution is -2.46. The summed E-state index contributed by atoms with van der Waals surface area (Å²) in [5.74, 6) is 0.843. The molecule has 124 valence electrons. The summed E-state index contributed by atoms with van der Waals surface area (Å²) in [6, 6.07) is 5.24. The van der Waals surface area contributed by atoms with Crippen LogP contribution in [-0.2, 0) is 9.59 Å². The molecule has 2 aliphatic heterocycles. The second-order valence-corrected chi connectivity index (χ2v) is 6.44. The van der Waals surface area contributed by atoms with Gasteiger partial charge in [-0.25, -0.2) is 0 Å². The van der Waals surface area contributed by atoms with Crippen molar-refractivity contribution in [3.8, 4) is 11.5 Å². The predicted molar refractivity (Wildman–Crippen MR) is 85.7 cm³/mol. The minimum Gasteiger partial charge on any atom is -0.486 e. The van der Waals surface area contributed by atoms with Gasteiger partial charge in [0.05, 0.1) is 0 Å². The van der Waals surface area contributed by atoms with Crippen molar-refractivity contribution < 1.29 is 19.1 Å². The van der Waals surface area contributed by atoms with E-state index in [0.29, 0.717) is 30.4 Å². The third kappa shape index (κ3) is 3.11. The summed E-state index contributed by atoms with van der Waals surface area (Å²) < 4.78 is 11.0. The largest absolute Gasteiger partial charge is 0.486 e. The highest BCUT2D eigenvalue weighted by molar-refractivity contribution is 6.10. The van der Waals surface area contributed by atoms with Crippen molar-refractivity contribution in [3.05, 3.63) is 18.2 Å². The van der Waals surface area contributed by atoms with Crippen LogP contribution in [0.15, 0.2) is 18.2 Å². The molecule has 0 unspecified atom stereocenters. The lowest BCUT2D eigenvalue weighted by Gasteiger charge is -2.28. The molecule has 0 bridgehead atoms. The Bertz CT molecular complexity index is 621. The topological polar surface area (TPSA) is 67.9 Å². The lowest BCUT2D eigenvalue weighted by atomic mass is 9.90. The van der Waals surface area contributed by atoms with Gasteiger partial charge < -0.3 is 19.7 Å². The molecule has 23 heavy (non-hydrogen) atoms. The van der Waals surface area contributed by atoms with Gasteiger partial charge >= 0.3 is 0 Å². The van der Waals surface area contributed by atoms with Crippen molar-refractivity contribution in [2.24, 2.45) is 5.41 Å². The van der Waals surface area contributed by atoms with Crippen LogP contribution in [0.25, 0.3) is 0 Å². The predicted octanol–water partition coefficient (Wildman–Crippen LogP) is 2.04. The number of hydrogen-bond donors (Lipinski definition) is 1. The minimum absolute atomic E-state index is 0.120. The van der Waals surface area contributed by atoms with E-state index < -0.39 is 5.41 Å². The monoisotopic (exact) mass is 318 g/mol. The van der Waals surface area contributed by atoms with Gasteiger partial charge in [0.1, 0.15) is 18.6 Å². The Labute approximate surface area is 135 Å². The highest BCUT2D eigenvalue weighted by Gasteiger charge is 2.40. The smallest absolute Gasteiger partial charge is 0.239 e. The zero-order valence-electron chi connectivity index (χ0n) is 13.6. The van der Waals surface area contributed by atoms with Gasteiger partial charge in [0, 0.05) is 24.8 Å². The van der Waals surface area contributed by atoms with E-state index >= 15 is 0 Å². The summed E-state index contributed by atoms with van der Waals surface area (Å²) in [6.07, 6.45) is 2.01. The highest BCUT2D eigenvalue weighted by atomic mass is 16.6. The number of fused-ring (bicyclic) bond motifs is 1. The average Bonchev–Trinajstić information content (AvgIpc) is 3.08. The molecule has 0 aliphatic carbocycles. The molecule has 6 nitrogen and oxygen atoms in total. The van der Waals surface area contributed by atoms with E-state index in [-0.39, 0.29) is 11.8 Å². The first kappa shape index (κ1) is 15.6. The van der Waals surface area contributed by atoms with Crippen LogP contribution >= 0.6 is 0 Å². The molecule has 0 aromatic heterocycles. The van der Waals surface area contributed by atoms with Crippen molar-refractivity contribution in [2.75, 3.05) is 31.6 Å². The van der Waals surface area contributed by atoms with Gasteiger partial charge in [-0.2, -0.15) is 0 Å². The number of ether oxygens (including phenoxy) is 2. The van der Waals surface area contributed by atoms with Crippen LogP contribution in [0.3, 0.4) is 0 Å². The molecule has 0 spiro atoms. The van der Waals surface area contributed by atoms with Gasteiger partial charge in [-0.1, -0.05) is 0 Å². The lowest BCUT2D eigenvalue weighted by molar-refractivity contribution is -0.145. The zero-order valence-corrected chi connectivity index (χ0v) is 13.6. The van der Waals surface area contributed by atoms with E-state index in [9.17, 15) is 9.59 Å². The molecule has 1 fully saturated rings. The first-order chi connectivity index (χ1) is 11.0. The molecule has 0 saturated carbocycles. The van der Waals surface area contributed by atoms with Crippen molar-refractivity contribution in [1.29, 1.82) is 0 Å². The summed E-state index contributed by atoms with van der Waals surface area (Å²) in [5.41, 5.74) is -0.501. The average molecular weight is 318 g/mol. The first-order valence-electron chi connectivity index (χ1n) is 7.99. The maximum Gasteiger partial charge on any atom is 0.239 e. The molecule has 1 N–H and O–H groups in total. The van der Waals surface area contributed by atoms with Crippen LogP contribution in [0.2, 0.25) is 0 Å². The van der Waals surface area contributed by atoms with E-state index in [1.165, 1.54) is 0 Å². The van der Waals surface area contributed by atoms with Gasteiger partial charge in [0.25, 0.3) is 0 Å². The van der Waals surface area contributed by atoms with Crippen LogP contribution in [0.4, 0.5) is 5.69 Å². The Morgan fingerprint density at radius 3 is 2.43 bits per heavy atom. The van der Waals surface area contributed by atoms with Gasteiger partial charge in [-0.05, 0) is 38.8 Å². The molecule has 6 heteroatoms. The fourth-order valence-electron chi connectivity index (χ4n) is 2.82. The molecular weight excluding hydrogens is 296 g/mol. The summed E-state index contributed by atoms with van der Waals surface area (Å²) in [7, 11) is 0. The molecule has 1 aromatic carbocycles. The molecule has 0 atom stereocenters. The fourth-order valence-corrected chi connectivity index (χ4v) is 2.82. The van der Waals surface area contributed by atoms with Crippen LogP contribution in [0.5, 0.6) is 11.5 Å². The molecule has 3 rings (SSSR count). The number of hydrogen-bond acceptors (Lipinski definition) is 4. The van der Waals surface area contributed by atoms with Crippen molar-refractivity contribution in [1.82, 2.24) is 4.90 Å². The zero-order chi connectivity index (χ0) is 16.4. The highest BCUT2D eigenvalue weighted by Crippen LogP contribution is 2.33. The van der Waals surface area contributed by atoms with Gasteiger partial charge in [-0.15, -0.1) is 0 Å². The molecule has 1 saturated heterocycles. The number of rotatable bonds is 3. The third-order valence-corrected chi connectivity index (χ3v) is 4.30. The van der Waals surface area contributed by atoms with E-state index in [1.807, 2.05) is 0 Å². The van der Waals surface area contributed by atoms with Crippen molar-refractivity contribution in [3.63, 3.8) is 0 Å². The SMILES string of the molecule is CC(C)(C(=O)Nc1ccc2c(c1)OCCO2)C(=O)N1CCCC1. The van der Waals surface area contributed by atoms with Crippen molar-refractivity contribution >= 4 is 17.5 Å². The Hall–Kier alpha value is -2.24. The Balaban J connectivity index is 1.71. The Morgan fingerprint density at radius 2 is 1.74 bits per heavy atom. The minimum atomic E-state index is -1.10. The van der Waals surface area contributed by atoms with Gasteiger partial charge in [-0.3, -0.25) is 9.59 Å². The second-order valence-electron chi connectivity index (χ2n) is 6.44. The van der Waals surface area contributed by atoms with Crippen LogP contribution in [0, 0.1) is 5.41 Å². The molecule has 2 amide bonds. The number of nitrogens with one attached hydrogen (secondary N) is 1. The number of carbonyl (C=O) groups is 2. The number of amides is 2. The van der Waals surface area contributed by atoms with Gasteiger partial charge in [0.15, 0.2) is 11.5 Å². The quantitative estimate of drug-likeness (QED) is 0.866. The number of carbonyl (C=O) groups excluding carboxylic acids is 2. The van der Waals surface area contributed by atoms with Crippen LogP contribution in [-0.4, -0.2) is 43.0 Å². The Morgan fingerprint density at radius 1 is 1.09 bits per heavy atom. The Kier molecular flexibility index (Phi) is 4.15. The van der Waals surface area contributed by atoms with Crippen LogP contribution in [0.1, 0.15) is 26.7 Å². The maximum absolute atomic E-state index is 12.6. The summed E-state index contributed by atoms with van der Waals surface area (Å²) in [5, 5.41) is 2.81. The summed E-state index contributed by atoms with van der Waals surface area (Å²) >= 11 is 0. The third-order valence-electron chi connectivity index (χ3n) is 4.30. The second kappa shape index (κ2) is 6.10.